The number of nitrogens with one attached hydrogen (secondary N) is 1. The molecule has 2 rings (SSSR count). The Hall–Kier alpha value is -1.52. The van der Waals surface area contributed by atoms with Crippen molar-refractivity contribution in [2.45, 2.75) is 17.3 Å². The van der Waals surface area contributed by atoms with E-state index in [0.717, 1.165) is 24.3 Å². The van der Waals surface area contributed by atoms with E-state index in [-0.39, 0.29) is 16.5 Å². The third-order valence-electron chi connectivity index (χ3n) is 3.25. The van der Waals surface area contributed by atoms with E-state index in [9.17, 15) is 21.6 Å². The normalized spacial score (nSPS) is 13.5. The molecular formula is C15H13Cl2F3N2O3S. The van der Waals surface area contributed by atoms with Gasteiger partial charge in [0, 0.05) is 6.54 Å². The van der Waals surface area contributed by atoms with Crippen molar-refractivity contribution in [1.82, 2.24) is 4.72 Å². The molecule has 0 spiro atoms. The zero-order valence-electron chi connectivity index (χ0n) is 12.9. The van der Waals surface area contributed by atoms with Crippen molar-refractivity contribution < 1.29 is 26.3 Å². The van der Waals surface area contributed by atoms with Gasteiger partial charge in [-0.25, -0.2) is 13.1 Å². The number of hydrogen-bond acceptors (Lipinski definition) is 4. The molecule has 0 aromatic heterocycles. The van der Waals surface area contributed by atoms with Crippen LogP contribution in [0.4, 0.5) is 13.2 Å². The number of sulfonamides is 1. The lowest BCUT2D eigenvalue weighted by Crippen LogP contribution is -2.33. The number of rotatable bonds is 6. The van der Waals surface area contributed by atoms with Gasteiger partial charge in [0.05, 0.1) is 21.0 Å². The van der Waals surface area contributed by atoms with Crippen LogP contribution in [0.2, 0.25) is 10.0 Å². The molecule has 11 heteroatoms. The largest absolute Gasteiger partial charge is 0.573 e. The molecule has 0 aliphatic heterocycles. The first-order chi connectivity index (χ1) is 12.0. The summed E-state index contributed by atoms with van der Waals surface area (Å²) in [5.41, 5.74) is 6.11. The lowest BCUT2D eigenvalue weighted by Gasteiger charge is -2.18. The SMILES string of the molecule is NC[C@@H](NS(=O)(=O)c1ccc(OC(F)(F)F)cc1)c1ccc(Cl)c(Cl)c1. The lowest BCUT2D eigenvalue weighted by molar-refractivity contribution is -0.274. The Morgan fingerprint density at radius 3 is 2.19 bits per heavy atom. The minimum Gasteiger partial charge on any atom is -0.406 e. The van der Waals surface area contributed by atoms with E-state index in [1.54, 1.807) is 6.07 Å². The predicted molar refractivity (Wildman–Crippen MR) is 91.7 cm³/mol. The molecule has 3 N–H and O–H groups in total. The molecule has 0 fully saturated rings. The number of hydrogen-bond donors (Lipinski definition) is 2. The third kappa shape index (κ3) is 5.49. The van der Waals surface area contributed by atoms with Crippen LogP contribution in [0.3, 0.4) is 0 Å². The van der Waals surface area contributed by atoms with Crippen molar-refractivity contribution in [3.63, 3.8) is 0 Å². The van der Waals surface area contributed by atoms with Crippen LogP contribution in [0.1, 0.15) is 11.6 Å². The summed E-state index contributed by atoms with van der Waals surface area (Å²) < 4.78 is 67.4. The summed E-state index contributed by atoms with van der Waals surface area (Å²) in [5, 5.41) is 0.532. The fourth-order valence-corrected chi connectivity index (χ4v) is 3.60. The van der Waals surface area contributed by atoms with Crippen LogP contribution in [0.5, 0.6) is 5.75 Å². The van der Waals surface area contributed by atoms with E-state index in [1.807, 2.05) is 0 Å². The molecule has 0 amide bonds. The highest BCUT2D eigenvalue weighted by molar-refractivity contribution is 7.89. The molecule has 2 aromatic carbocycles. The number of ether oxygens (including phenoxy) is 1. The van der Waals surface area contributed by atoms with Crippen molar-refractivity contribution in [3.05, 3.63) is 58.1 Å². The molecule has 1 atom stereocenters. The standard InChI is InChI=1S/C15H13Cl2F3N2O3S/c16-12-6-1-9(7-13(12)17)14(8-21)22-26(23,24)11-4-2-10(3-5-11)25-15(18,19)20/h1-7,14,22H,8,21H2/t14-/m1/s1. The minimum absolute atomic E-state index is 0.0769. The highest BCUT2D eigenvalue weighted by atomic mass is 35.5. The van der Waals surface area contributed by atoms with Crippen molar-refractivity contribution in [2.24, 2.45) is 5.73 Å². The van der Waals surface area contributed by atoms with Crippen LogP contribution in [-0.4, -0.2) is 21.3 Å². The van der Waals surface area contributed by atoms with E-state index >= 15 is 0 Å². The highest BCUT2D eigenvalue weighted by Gasteiger charge is 2.31. The number of halogens is 5. The second-order valence-corrected chi connectivity index (χ2v) is 7.63. The molecule has 5 nitrogen and oxygen atoms in total. The molecule has 0 heterocycles. The van der Waals surface area contributed by atoms with Crippen molar-refractivity contribution >= 4 is 33.2 Å². The first-order valence-electron chi connectivity index (χ1n) is 7.05. The van der Waals surface area contributed by atoms with E-state index in [2.05, 4.69) is 9.46 Å². The second-order valence-electron chi connectivity index (χ2n) is 5.10. The summed E-state index contributed by atoms with van der Waals surface area (Å²) >= 11 is 11.7. The Labute approximate surface area is 157 Å². The molecule has 0 bridgehead atoms. The van der Waals surface area contributed by atoms with Gasteiger partial charge >= 0.3 is 6.36 Å². The third-order valence-corrected chi connectivity index (χ3v) is 5.47. The fraction of sp³-hybridized carbons (Fsp3) is 0.200. The maximum Gasteiger partial charge on any atom is 0.573 e. The van der Waals surface area contributed by atoms with Gasteiger partial charge in [-0.1, -0.05) is 29.3 Å². The van der Waals surface area contributed by atoms with Gasteiger partial charge in [0.15, 0.2) is 0 Å². The molecule has 0 saturated carbocycles. The van der Waals surface area contributed by atoms with Gasteiger partial charge < -0.3 is 10.5 Å². The Bertz CT molecular complexity index is 875. The summed E-state index contributed by atoms with van der Waals surface area (Å²) in [7, 11) is -4.05. The van der Waals surface area contributed by atoms with Crippen LogP contribution < -0.4 is 15.2 Å². The van der Waals surface area contributed by atoms with Crippen LogP contribution in [0.15, 0.2) is 47.4 Å². The summed E-state index contributed by atoms with van der Waals surface area (Å²) in [5.74, 6) is -0.531. The molecule has 0 aliphatic rings. The topological polar surface area (TPSA) is 81.4 Å². The minimum atomic E-state index is -4.86. The van der Waals surface area contributed by atoms with Crippen molar-refractivity contribution in [1.29, 1.82) is 0 Å². The molecule has 2 aromatic rings. The van der Waals surface area contributed by atoms with E-state index in [4.69, 9.17) is 28.9 Å². The molecular weight excluding hydrogens is 416 g/mol. The number of alkyl halides is 3. The maximum absolute atomic E-state index is 12.4. The summed E-state index contributed by atoms with van der Waals surface area (Å²) in [6.45, 7) is -0.0769. The van der Waals surface area contributed by atoms with Gasteiger partial charge in [-0.3, -0.25) is 0 Å². The summed E-state index contributed by atoms with van der Waals surface area (Å²) in [6.07, 6.45) is -4.86. The average molecular weight is 429 g/mol. The first-order valence-corrected chi connectivity index (χ1v) is 9.29. The fourth-order valence-electron chi connectivity index (χ4n) is 2.06. The smallest absolute Gasteiger partial charge is 0.406 e. The van der Waals surface area contributed by atoms with Gasteiger partial charge in [0.25, 0.3) is 0 Å². The van der Waals surface area contributed by atoms with E-state index in [0.29, 0.717) is 10.6 Å². The Balaban J connectivity index is 2.21. The van der Waals surface area contributed by atoms with Crippen molar-refractivity contribution in [2.75, 3.05) is 6.54 Å². The first kappa shape index (κ1) is 20.8. The van der Waals surface area contributed by atoms with Gasteiger partial charge in [0.2, 0.25) is 10.0 Å². The summed E-state index contributed by atoms with van der Waals surface area (Å²) in [6, 6.07) is 7.52. The zero-order chi connectivity index (χ0) is 19.5. The molecule has 0 unspecified atom stereocenters. The molecule has 26 heavy (non-hydrogen) atoms. The number of benzene rings is 2. The van der Waals surface area contributed by atoms with Crippen LogP contribution in [0.25, 0.3) is 0 Å². The second kappa shape index (κ2) is 8.01. The Morgan fingerprint density at radius 2 is 1.69 bits per heavy atom. The van der Waals surface area contributed by atoms with Gasteiger partial charge in [-0.05, 0) is 42.0 Å². The Morgan fingerprint density at radius 1 is 1.08 bits per heavy atom. The van der Waals surface area contributed by atoms with E-state index < -0.39 is 28.2 Å². The molecule has 0 aliphatic carbocycles. The average Bonchev–Trinajstić information content (AvgIpc) is 2.54. The van der Waals surface area contributed by atoms with Gasteiger partial charge in [0.1, 0.15) is 5.75 Å². The van der Waals surface area contributed by atoms with Crippen molar-refractivity contribution in [3.8, 4) is 5.75 Å². The highest BCUT2D eigenvalue weighted by Crippen LogP contribution is 2.27. The van der Waals surface area contributed by atoms with Crippen LogP contribution in [0, 0.1) is 0 Å². The molecule has 0 radical (unpaired) electrons. The Kier molecular flexibility index (Phi) is 6.41. The van der Waals surface area contributed by atoms with Gasteiger partial charge in [-0.2, -0.15) is 0 Å². The quantitative estimate of drug-likeness (QED) is 0.731. The van der Waals surface area contributed by atoms with Crippen LogP contribution in [-0.2, 0) is 10.0 Å². The molecule has 0 saturated heterocycles. The van der Waals surface area contributed by atoms with Gasteiger partial charge in [-0.15, -0.1) is 13.2 Å². The monoisotopic (exact) mass is 428 g/mol. The lowest BCUT2D eigenvalue weighted by atomic mass is 10.1. The maximum atomic E-state index is 12.4. The number of nitrogens with two attached hydrogens (primary N) is 1. The van der Waals surface area contributed by atoms with E-state index in [1.165, 1.54) is 12.1 Å². The van der Waals surface area contributed by atoms with Crippen LogP contribution >= 0.6 is 23.2 Å². The summed E-state index contributed by atoms with van der Waals surface area (Å²) in [4.78, 5) is -0.245. The molecule has 142 valence electrons. The predicted octanol–water partition coefficient (Wildman–Crippen LogP) is 3.87. The zero-order valence-corrected chi connectivity index (χ0v) is 15.3.